The summed E-state index contributed by atoms with van der Waals surface area (Å²) in [7, 11) is 0. The van der Waals surface area contributed by atoms with Gasteiger partial charge in [0.05, 0.1) is 24.7 Å². The molecule has 0 radical (unpaired) electrons. The van der Waals surface area contributed by atoms with Gasteiger partial charge in [0.25, 0.3) is 0 Å². The molecule has 0 bridgehead atoms. The maximum Gasteiger partial charge on any atom is 0.338 e. The van der Waals surface area contributed by atoms with E-state index < -0.39 is 24.5 Å². The summed E-state index contributed by atoms with van der Waals surface area (Å²) in [5.41, 5.74) is 3.93. The predicted molar refractivity (Wildman–Crippen MR) is 161 cm³/mol. The van der Waals surface area contributed by atoms with E-state index in [1.807, 2.05) is 13.0 Å². The molecule has 0 saturated heterocycles. The third-order valence-electron chi connectivity index (χ3n) is 8.08. The van der Waals surface area contributed by atoms with Gasteiger partial charge < -0.3 is 29.2 Å². The largest absolute Gasteiger partial charge is 0.457 e. The van der Waals surface area contributed by atoms with Gasteiger partial charge in [-0.15, -0.1) is 0 Å². The van der Waals surface area contributed by atoms with Crippen molar-refractivity contribution in [2.75, 3.05) is 26.8 Å². The third-order valence-corrected chi connectivity index (χ3v) is 8.08. The molecular weight excluding hydrogens is 536 g/mol. The number of rotatable bonds is 16. The monoisotopic (exact) mass is 582 g/mol. The lowest BCUT2D eigenvalue weighted by molar-refractivity contribution is -0.155. The Morgan fingerprint density at radius 1 is 0.976 bits per heavy atom. The molecule has 1 atom stereocenters. The van der Waals surface area contributed by atoms with Crippen LogP contribution in [-0.4, -0.2) is 49.0 Å². The average Bonchev–Trinajstić information content (AvgIpc) is 3.01. The van der Waals surface area contributed by atoms with E-state index in [0.717, 1.165) is 22.6 Å². The lowest BCUT2D eigenvalue weighted by atomic mass is 9.77. The Hall–Kier alpha value is -3.36. The highest BCUT2D eigenvalue weighted by atomic mass is 16.7. The number of hydrogen-bond acceptors (Lipinski definition) is 8. The zero-order valence-corrected chi connectivity index (χ0v) is 25.2. The fraction of sp³-hybridized carbons (Fsp3) is 0.529. The molecule has 230 valence electrons. The molecule has 2 aromatic rings. The summed E-state index contributed by atoms with van der Waals surface area (Å²) in [6, 6.07) is 12.1. The minimum Gasteiger partial charge on any atom is -0.457 e. The second-order valence-electron chi connectivity index (χ2n) is 11.2. The lowest BCUT2D eigenvalue weighted by Crippen LogP contribution is -2.20. The first-order valence-electron chi connectivity index (χ1n) is 15.0. The molecule has 42 heavy (non-hydrogen) atoms. The summed E-state index contributed by atoms with van der Waals surface area (Å²) in [6.07, 6.45) is 10.4. The van der Waals surface area contributed by atoms with E-state index in [1.54, 1.807) is 13.0 Å². The zero-order chi connectivity index (χ0) is 30.5. The second-order valence-corrected chi connectivity index (χ2v) is 11.2. The highest BCUT2D eigenvalue weighted by molar-refractivity contribution is 5.87. The molecule has 2 N–H and O–H groups in total. The highest BCUT2D eigenvalue weighted by Crippen LogP contribution is 2.40. The standard InChI is InChI=1S/C34H46O8/c1-5-6-7-8-26-9-11-27(12-10-26)28-13-15-29(16-14-28)31-17-30(39-21-41-33(37)23(2)19-35)18-32(25(31)4)40-22-42-34(38)24(3)20-36/h13-18,24,26-27,35-36H,2,5-12,19-22H2,1,3-4H3. The van der Waals surface area contributed by atoms with Crippen LogP contribution in [0.4, 0.5) is 0 Å². The zero-order valence-electron chi connectivity index (χ0n) is 25.2. The van der Waals surface area contributed by atoms with Gasteiger partial charge in [0, 0.05) is 6.07 Å². The first-order chi connectivity index (χ1) is 20.3. The molecule has 1 aliphatic carbocycles. The quantitative estimate of drug-likeness (QED) is 0.101. The smallest absolute Gasteiger partial charge is 0.338 e. The molecule has 1 saturated carbocycles. The van der Waals surface area contributed by atoms with Crippen LogP contribution in [0.5, 0.6) is 11.5 Å². The molecule has 8 heteroatoms. The van der Waals surface area contributed by atoms with E-state index in [2.05, 4.69) is 37.8 Å². The number of esters is 2. The van der Waals surface area contributed by atoms with Gasteiger partial charge in [-0.1, -0.05) is 63.5 Å². The van der Waals surface area contributed by atoms with Crippen molar-refractivity contribution in [1.29, 1.82) is 0 Å². The number of benzene rings is 2. The Bertz CT molecular complexity index is 1160. The van der Waals surface area contributed by atoms with Crippen molar-refractivity contribution >= 4 is 11.9 Å². The van der Waals surface area contributed by atoms with Crippen LogP contribution in [0.25, 0.3) is 11.1 Å². The van der Waals surface area contributed by atoms with Crippen molar-refractivity contribution in [3.63, 3.8) is 0 Å². The summed E-state index contributed by atoms with van der Waals surface area (Å²) < 4.78 is 21.7. The topological polar surface area (TPSA) is 112 Å². The summed E-state index contributed by atoms with van der Waals surface area (Å²) in [4.78, 5) is 23.8. The van der Waals surface area contributed by atoms with Crippen molar-refractivity contribution in [3.05, 3.63) is 59.7 Å². The van der Waals surface area contributed by atoms with Crippen LogP contribution in [-0.2, 0) is 19.1 Å². The number of hydrogen-bond donors (Lipinski definition) is 2. The molecule has 3 rings (SSSR count). The number of aliphatic hydroxyl groups is 2. The molecule has 1 aliphatic rings. The SMILES string of the molecule is C=C(CO)C(=O)OCOc1cc(OCOC(=O)C(C)CO)c(C)c(-c2ccc(C3CCC(CCCCC)CC3)cc2)c1. The Labute approximate surface area is 249 Å². The van der Waals surface area contributed by atoms with Gasteiger partial charge in [-0.2, -0.15) is 0 Å². The summed E-state index contributed by atoms with van der Waals surface area (Å²) in [5, 5.41) is 18.2. The normalized spacial score (nSPS) is 17.3. The van der Waals surface area contributed by atoms with Gasteiger partial charge in [0.15, 0.2) is 0 Å². The van der Waals surface area contributed by atoms with E-state index in [1.165, 1.54) is 56.9 Å². The van der Waals surface area contributed by atoms with Gasteiger partial charge in [0.2, 0.25) is 13.6 Å². The Balaban J connectivity index is 1.74. The van der Waals surface area contributed by atoms with Gasteiger partial charge in [-0.25, -0.2) is 4.79 Å². The molecule has 0 aliphatic heterocycles. The van der Waals surface area contributed by atoms with Crippen LogP contribution < -0.4 is 9.47 Å². The molecule has 0 amide bonds. The maximum atomic E-state index is 12.0. The maximum absolute atomic E-state index is 12.0. The van der Waals surface area contributed by atoms with E-state index >= 15 is 0 Å². The van der Waals surface area contributed by atoms with E-state index in [9.17, 15) is 14.7 Å². The minimum absolute atomic E-state index is 0.0730. The van der Waals surface area contributed by atoms with Gasteiger partial charge in [-0.05, 0) is 79.7 Å². The lowest BCUT2D eigenvalue weighted by Gasteiger charge is -2.29. The van der Waals surface area contributed by atoms with Gasteiger partial charge >= 0.3 is 11.9 Å². The van der Waals surface area contributed by atoms with E-state index in [4.69, 9.17) is 24.1 Å². The van der Waals surface area contributed by atoms with Crippen LogP contribution in [0.2, 0.25) is 0 Å². The summed E-state index contributed by atoms with van der Waals surface area (Å²) in [6.45, 7) is 7.63. The first-order valence-corrected chi connectivity index (χ1v) is 15.0. The molecule has 0 heterocycles. The van der Waals surface area contributed by atoms with Crippen molar-refractivity contribution in [3.8, 4) is 22.6 Å². The van der Waals surface area contributed by atoms with Crippen molar-refractivity contribution < 1.29 is 38.7 Å². The van der Waals surface area contributed by atoms with Crippen molar-refractivity contribution in [2.24, 2.45) is 11.8 Å². The Morgan fingerprint density at radius 2 is 1.67 bits per heavy atom. The fourth-order valence-corrected chi connectivity index (χ4v) is 5.28. The van der Waals surface area contributed by atoms with Crippen molar-refractivity contribution in [2.45, 2.75) is 78.1 Å². The van der Waals surface area contributed by atoms with Crippen molar-refractivity contribution in [1.82, 2.24) is 0 Å². The van der Waals surface area contributed by atoms with Crippen LogP contribution in [0.3, 0.4) is 0 Å². The molecular formula is C34H46O8. The summed E-state index contributed by atoms with van der Waals surface area (Å²) in [5.74, 6) is 0.287. The van der Waals surface area contributed by atoms with Gasteiger partial charge in [0.1, 0.15) is 11.5 Å². The van der Waals surface area contributed by atoms with E-state index in [0.29, 0.717) is 17.4 Å². The molecule has 1 fully saturated rings. The number of carbonyl (C=O) groups is 2. The Kier molecular flexibility index (Phi) is 13.4. The minimum atomic E-state index is -0.753. The number of aliphatic hydroxyl groups excluding tert-OH is 2. The molecule has 0 spiro atoms. The Morgan fingerprint density at radius 3 is 2.31 bits per heavy atom. The first kappa shape index (κ1) is 33.1. The van der Waals surface area contributed by atoms with E-state index in [-0.39, 0.29) is 25.8 Å². The second kappa shape index (κ2) is 16.9. The molecule has 1 unspecified atom stereocenters. The van der Waals surface area contributed by atoms with Crippen LogP contribution in [0.15, 0.2) is 48.6 Å². The van der Waals surface area contributed by atoms with Crippen LogP contribution in [0.1, 0.15) is 82.3 Å². The summed E-state index contributed by atoms with van der Waals surface area (Å²) >= 11 is 0. The third kappa shape index (κ3) is 9.60. The molecule has 0 aromatic heterocycles. The predicted octanol–water partition coefficient (Wildman–Crippen LogP) is 6.45. The molecule has 2 aromatic carbocycles. The number of carbonyl (C=O) groups excluding carboxylic acids is 2. The van der Waals surface area contributed by atoms with Gasteiger partial charge in [-0.3, -0.25) is 4.79 Å². The van der Waals surface area contributed by atoms with Crippen LogP contribution >= 0.6 is 0 Å². The highest BCUT2D eigenvalue weighted by Gasteiger charge is 2.22. The number of unbranched alkanes of at least 4 members (excludes halogenated alkanes) is 2. The fourth-order valence-electron chi connectivity index (χ4n) is 5.28. The van der Waals surface area contributed by atoms with Crippen LogP contribution in [0, 0.1) is 18.8 Å². The molecule has 8 nitrogen and oxygen atoms in total. The number of ether oxygens (including phenoxy) is 4. The average molecular weight is 583 g/mol.